The Morgan fingerprint density at radius 3 is 2.38 bits per heavy atom. The number of amides is 1. The lowest BCUT2D eigenvalue weighted by molar-refractivity contribution is 0.0997. The van der Waals surface area contributed by atoms with Crippen LogP contribution in [0.15, 0.2) is 47.6 Å². The van der Waals surface area contributed by atoms with Crippen molar-refractivity contribution >= 4 is 15.7 Å². The van der Waals surface area contributed by atoms with E-state index in [4.69, 9.17) is 5.73 Å². The monoisotopic (exact) mass is 300 g/mol. The van der Waals surface area contributed by atoms with E-state index >= 15 is 0 Å². The van der Waals surface area contributed by atoms with Crippen LogP contribution in [-0.4, -0.2) is 25.6 Å². The Morgan fingerprint density at radius 2 is 1.81 bits per heavy atom. The van der Waals surface area contributed by atoms with Crippen LogP contribution in [-0.2, 0) is 9.84 Å². The molecule has 0 aliphatic heterocycles. The number of pyridine rings is 1. The number of benzene rings is 1. The van der Waals surface area contributed by atoms with Gasteiger partial charge in [0.1, 0.15) is 0 Å². The normalized spacial score (nSPS) is 10.5. The summed E-state index contributed by atoms with van der Waals surface area (Å²) in [5.74, 6) is 4.80. The van der Waals surface area contributed by atoms with E-state index in [1.807, 2.05) is 0 Å². The molecule has 0 fully saturated rings. The SMILES string of the molecule is CS(=O)(=O)c1c(C#Cc2ccncc2)cccc1C(N)=O. The molecule has 6 heteroatoms. The summed E-state index contributed by atoms with van der Waals surface area (Å²) in [5, 5.41) is 0. The van der Waals surface area contributed by atoms with E-state index in [1.165, 1.54) is 12.1 Å². The Balaban J connectivity index is 2.63. The van der Waals surface area contributed by atoms with Crippen LogP contribution in [0.25, 0.3) is 0 Å². The van der Waals surface area contributed by atoms with E-state index in [2.05, 4.69) is 16.8 Å². The molecule has 0 aliphatic rings. The Kier molecular flexibility index (Phi) is 4.05. The third kappa shape index (κ3) is 3.46. The molecule has 0 bridgehead atoms. The van der Waals surface area contributed by atoms with Gasteiger partial charge >= 0.3 is 0 Å². The molecule has 0 unspecified atom stereocenters. The molecule has 0 aliphatic carbocycles. The van der Waals surface area contributed by atoms with Gasteiger partial charge in [-0.2, -0.15) is 0 Å². The minimum absolute atomic E-state index is 0.0565. The first kappa shape index (κ1) is 14.8. The van der Waals surface area contributed by atoms with E-state index in [1.54, 1.807) is 30.6 Å². The number of hydrogen-bond acceptors (Lipinski definition) is 4. The average Bonchev–Trinajstić information content (AvgIpc) is 2.44. The summed E-state index contributed by atoms with van der Waals surface area (Å²) in [6.45, 7) is 0. The van der Waals surface area contributed by atoms with Crippen LogP contribution < -0.4 is 5.73 Å². The fraction of sp³-hybridized carbons (Fsp3) is 0.0667. The topological polar surface area (TPSA) is 90.1 Å². The number of carbonyl (C=O) groups excluding carboxylic acids is 1. The van der Waals surface area contributed by atoms with Gasteiger partial charge in [-0.1, -0.05) is 17.9 Å². The van der Waals surface area contributed by atoms with Gasteiger partial charge in [-0.15, -0.1) is 0 Å². The largest absolute Gasteiger partial charge is 0.366 e. The van der Waals surface area contributed by atoms with Gasteiger partial charge in [0.2, 0.25) is 5.91 Å². The molecule has 5 nitrogen and oxygen atoms in total. The van der Waals surface area contributed by atoms with Gasteiger partial charge in [0.15, 0.2) is 9.84 Å². The van der Waals surface area contributed by atoms with Gasteiger partial charge in [0.05, 0.1) is 10.5 Å². The molecule has 106 valence electrons. The Morgan fingerprint density at radius 1 is 1.14 bits per heavy atom. The first-order valence-corrected chi connectivity index (χ1v) is 7.83. The van der Waals surface area contributed by atoms with E-state index in [0.29, 0.717) is 5.56 Å². The Hall–Kier alpha value is -2.65. The predicted molar refractivity (Wildman–Crippen MR) is 78.3 cm³/mol. The molecular formula is C15H12N2O3S. The van der Waals surface area contributed by atoms with Gasteiger partial charge in [-0.05, 0) is 24.3 Å². The van der Waals surface area contributed by atoms with Crippen LogP contribution in [0.2, 0.25) is 0 Å². The maximum Gasteiger partial charge on any atom is 0.250 e. The Bertz CT molecular complexity index is 847. The molecule has 1 aromatic carbocycles. The maximum absolute atomic E-state index is 11.9. The fourth-order valence-electron chi connectivity index (χ4n) is 1.80. The van der Waals surface area contributed by atoms with Gasteiger partial charge < -0.3 is 5.73 Å². The van der Waals surface area contributed by atoms with Crippen molar-refractivity contribution in [1.82, 2.24) is 4.98 Å². The highest BCUT2D eigenvalue weighted by Gasteiger charge is 2.20. The summed E-state index contributed by atoms with van der Waals surface area (Å²) in [4.78, 5) is 15.1. The number of primary amides is 1. The smallest absolute Gasteiger partial charge is 0.250 e. The number of hydrogen-bond donors (Lipinski definition) is 1. The van der Waals surface area contributed by atoms with Crippen molar-refractivity contribution in [2.24, 2.45) is 5.73 Å². The van der Waals surface area contributed by atoms with E-state index in [0.717, 1.165) is 6.26 Å². The molecule has 0 radical (unpaired) electrons. The highest BCUT2D eigenvalue weighted by atomic mass is 32.2. The molecule has 0 atom stereocenters. The van der Waals surface area contributed by atoms with Gasteiger partial charge in [-0.3, -0.25) is 9.78 Å². The lowest BCUT2D eigenvalue weighted by Crippen LogP contribution is -2.17. The van der Waals surface area contributed by atoms with Crippen LogP contribution in [0.5, 0.6) is 0 Å². The summed E-state index contributed by atoms with van der Waals surface area (Å²) in [6, 6.07) is 7.86. The summed E-state index contributed by atoms with van der Waals surface area (Å²) in [5.41, 5.74) is 6.10. The zero-order valence-electron chi connectivity index (χ0n) is 11.2. The van der Waals surface area contributed by atoms with Crippen LogP contribution in [0.3, 0.4) is 0 Å². The van der Waals surface area contributed by atoms with Crippen molar-refractivity contribution in [2.45, 2.75) is 4.90 Å². The van der Waals surface area contributed by atoms with Crippen LogP contribution >= 0.6 is 0 Å². The second kappa shape index (κ2) is 5.77. The lowest BCUT2D eigenvalue weighted by atomic mass is 10.1. The predicted octanol–water partition coefficient (Wildman–Crippen LogP) is 0.984. The average molecular weight is 300 g/mol. The van der Waals surface area contributed by atoms with Crippen molar-refractivity contribution < 1.29 is 13.2 Å². The number of nitrogens with zero attached hydrogens (tertiary/aromatic N) is 1. The summed E-state index contributed by atoms with van der Waals surface area (Å²) >= 11 is 0. The molecular weight excluding hydrogens is 288 g/mol. The van der Waals surface area contributed by atoms with E-state index in [9.17, 15) is 13.2 Å². The molecule has 2 rings (SSSR count). The van der Waals surface area contributed by atoms with Crippen LogP contribution in [0.1, 0.15) is 21.5 Å². The van der Waals surface area contributed by atoms with E-state index < -0.39 is 15.7 Å². The van der Waals surface area contributed by atoms with Crippen LogP contribution in [0, 0.1) is 11.8 Å². The van der Waals surface area contributed by atoms with Crippen molar-refractivity contribution in [3.05, 3.63) is 59.4 Å². The Labute approximate surface area is 122 Å². The zero-order valence-corrected chi connectivity index (χ0v) is 12.0. The fourth-order valence-corrected chi connectivity index (χ4v) is 2.89. The summed E-state index contributed by atoms with van der Waals surface area (Å²) < 4.78 is 23.8. The van der Waals surface area contributed by atoms with Gasteiger partial charge in [-0.25, -0.2) is 8.42 Å². The van der Waals surface area contributed by atoms with Crippen LogP contribution in [0.4, 0.5) is 0 Å². The molecule has 21 heavy (non-hydrogen) atoms. The minimum Gasteiger partial charge on any atom is -0.366 e. The molecule has 0 saturated heterocycles. The van der Waals surface area contributed by atoms with Crippen molar-refractivity contribution in [3.63, 3.8) is 0 Å². The van der Waals surface area contributed by atoms with Crippen molar-refractivity contribution in [3.8, 4) is 11.8 Å². The molecule has 0 spiro atoms. The number of carbonyl (C=O) groups is 1. The summed E-state index contributed by atoms with van der Waals surface area (Å²) in [6.07, 6.45) is 4.19. The highest BCUT2D eigenvalue weighted by molar-refractivity contribution is 7.90. The first-order valence-electron chi connectivity index (χ1n) is 5.94. The van der Waals surface area contributed by atoms with Gasteiger partial charge in [0, 0.05) is 29.8 Å². The number of sulfone groups is 1. The van der Waals surface area contributed by atoms with E-state index in [-0.39, 0.29) is 16.0 Å². The van der Waals surface area contributed by atoms with Crippen molar-refractivity contribution in [2.75, 3.05) is 6.26 Å². The molecule has 2 N–H and O–H groups in total. The molecule has 1 aromatic heterocycles. The second-order valence-corrected chi connectivity index (χ2v) is 6.26. The lowest BCUT2D eigenvalue weighted by Gasteiger charge is -2.07. The molecule has 1 heterocycles. The first-order chi connectivity index (χ1) is 9.89. The zero-order chi connectivity index (χ0) is 15.5. The quantitative estimate of drug-likeness (QED) is 0.837. The number of rotatable bonds is 2. The van der Waals surface area contributed by atoms with Crippen molar-refractivity contribution in [1.29, 1.82) is 0 Å². The summed E-state index contributed by atoms with van der Waals surface area (Å²) in [7, 11) is -3.63. The molecule has 1 amide bonds. The second-order valence-electron chi connectivity index (χ2n) is 4.30. The number of nitrogens with two attached hydrogens (primary N) is 1. The maximum atomic E-state index is 11.9. The van der Waals surface area contributed by atoms with Gasteiger partial charge in [0.25, 0.3) is 0 Å². The molecule has 0 saturated carbocycles. The molecule has 2 aromatic rings. The third-order valence-electron chi connectivity index (χ3n) is 2.67. The third-order valence-corrected chi connectivity index (χ3v) is 3.85. The highest BCUT2D eigenvalue weighted by Crippen LogP contribution is 2.20. The number of aromatic nitrogens is 1. The standard InChI is InChI=1S/C15H12N2O3S/c1-21(19,20)14-12(3-2-4-13(14)15(16)18)6-5-11-7-9-17-10-8-11/h2-4,7-10H,1H3,(H2,16,18). The minimum atomic E-state index is -3.63.